The molecule has 4 aromatic rings. The molecular weight excluding hydrogens is 322 g/mol. The van der Waals surface area contributed by atoms with E-state index >= 15 is 0 Å². The van der Waals surface area contributed by atoms with E-state index in [0.29, 0.717) is 0 Å². The van der Waals surface area contributed by atoms with Crippen LogP contribution in [-0.2, 0) is 12.0 Å². The van der Waals surface area contributed by atoms with E-state index in [2.05, 4.69) is 92.8 Å². The highest BCUT2D eigenvalue weighted by Gasteiger charge is 2.12. The van der Waals surface area contributed by atoms with Crippen molar-refractivity contribution in [2.45, 2.75) is 32.7 Å². The molecule has 1 heterocycles. The minimum Gasteiger partial charge on any atom is -0.381 e. The minimum atomic E-state index is 0.205. The van der Waals surface area contributed by atoms with Gasteiger partial charge in [0.2, 0.25) is 0 Å². The monoisotopic (exact) mass is 345 g/mol. The number of hydrogen-bond acceptors (Lipinski definition) is 2. The molecule has 0 unspecified atom stereocenters. The van der Waals surface area contributed by atoms with E-state index in [1.165, 1.54) is 37.0 Å². The zero-order valence-corrected chi connectivity index (χ0v) is 15.8. The zero-order valence-electron chi connectivity index (χ0n) is 15.0. The smallest absolute Gasteiger partial charge is 0.0400 e. The lowest BCUT2D eigenvalue weighted by atomic mass is 9.87. The Labute approximate surface area is 153 Å². The SMILES string of the molecule is CC(C)(C)c1ccc(CNc2ccc3sc4ccccc4c3c2)cc1. The third-order valence-corrected chi connectivity index (χ3v) is 5.85. The third-order valence-electron chi connectivity index (χ3n) is 4.69. The topological polar surface area (TPSA) is 12.0 Å². The van der Waals surface area contributed by atoms with Gasteiger partial charge in [0.05, 0.1) is 0 Å². The van der Waals surface area contributed by atoms with E-state index in [4.69, 9.17) is 0 Å². The maximum atomic E-state index is 3.57. The summed E-state index contributed by atoms with van der Waals surface area (Å²) in [5.41, 5.74) is 4.07. The van der Waals surface area contributed by atoms with E-state index < -0.39 is 0 Å². The minimum absolute atomic E-state index is 0.205. The van der Waals surface area contributed by atoms with Crippen molar-refractivity contribution in [3.8, 4) is 0 Å². The fourth-order valence-corrected chi connectivity index (χ4v) is 4.25. The van der Waals surface area contributed by atoms with Gasteiger partial charge >= 0.3 is 0 Å². The molecule has 0 radical (unpaired) electrons. The van der Waals surface area contributed by atoms with Crippen molar-refractivity contribution in [3.63, 3.8) is 0 Å². The van der Waals surface area contributed by atoms with E-state index in [1.54, 1.807) is 0 Å². The van der Waals surface area contributed by atoms with Crippen molar-refractivity contribution < 1.29 is 0 Å². The predicted molar refractivity (Wildman–Crippen MR) is 112 cm³/mol. The van der Waals surface area contributed by atoms with Crippen LogP contribution in [0.15, 0.2) is 66.7 Å². The Morgan fingerprint density at radius 2 is 1.52 bits per heavy atom. The van der Waals surface area contributed by atoms with Crippen LogP contribution in [0.2, 0.25) is 0 Å². The van der Waals surface area contributed by atoms with Crippen molar-refractivity contribution in [2.24, 2.45) is 0 Å². The molecule has 4 rings (SSSR count). The van der Waals surface area contributed by atoms with E-state index in [9.17, 15) is 0 Å². The van der Waals surface area contributed by atoms with Gasteiger partial charge in [0.25, 0.3) is 0 Å². The van der Waals surface area contributed by atoms with Gasteiger partial charge in [0, 0.05) is 32.4 Å². The maximum Gasteiger partial charge on any atom is 0.0400 e. The van der Waals surface area contributed by atoms with Crippen LogP contribution in [0.5, 0.6) is 0 Å². The molecule has 0 aliphatic heterocycles. The summed E-state index contributed by atoms with van der Waals surface area (Å²) >= 11 is 1.86. The van der Waals surface area contributed by atoms with E-state index in [0.717, 1.165) is 6.54 Å². The lowest BCUT2D eigenvalue weighted by molar-refractivity contribution is 0.590. The Kier molecular flexibility index (Phi) is 4.01. The van der Waals surface area contributed by atoms with Crippen LogP contribution in [0, 0.1) is 0 Å². The van der Waals surface area contributed by atoms with Crippen LogP contribution in [0.25, 0.3) is 20.2 Å². The van der Waals surface area contributed by atoms with Crippen LogP contribution in [0.3, 0.4) is 0 Å². The molecule has 1 nitrogen and oxygen atoms in total. The normalized spacial score (nSPS) is 12.0. The zero-order chi connectivity index (χ0) is 17.4. The van der Waals surface area contributed by atoms with Gasteiger partial charge < -0.3 is 5.32 Å². The summed E-state index contributed by atoms with van der Waals surface area (Å²) in [6.07, 6.45) is 0. The molecule has 0 spiro atoms. The van der Waals surface area contributed by atoms with Gasteiger partial charge in [-0.25, -0.2) is 0 Å². The lowest BCUT2D eigenvalue weighted by Crippen LogP contribution is -2.11. The molecule has 0 bridgehead atoms. The first-order valence-corrected chi connectivity index (χ1v) is 9.57. The van der Waals surface area contributed by atoms with Gasteiger partial charge in [-0.15, -0.1) is 11.3 Å². The van der Waals surface area contributed by atoms with Gasteiger partial charge in [-0.3, -0.25) is 0 Å². The largest absolute Gasteiger partial charge is 0.381 e. The quantitative estimate of drug-likeness (QED) is 0.423. The summed E-state index contributed by atoms with van der Waals surface area (Å²) in [5.74, 6) is 0. The van der Waals surface area contributed by atoms with Crippen molar-refractivity contribution in [3.05, 3.63) is 77.9 Å². The number of rotatable bonds is 3. The maximum absolute atomic E-state index is 3.57. The highest BCUT2D eigenvalue weighted by molar-refractivity contribution is 7.25. The average Bonchev–Trinajstić information content (AvgIpc) is 2.97. The summed E-state index contributed by atoms with van der Waals surface area (Å²) in [6.45, 7) is 7.60. The van der Waals surface area contributed by atoms with E-state index in [1.807, 2.05) is 11.3 Å². The second-order valence-corrected chi connectivity index (χ2v) is 8.69. The van der Waals surface area contributed by atoms with Crippen molar-refractivity contribution >= 4 is 37.2 Å². The summed E-state index contributed by atoms with van der Waals surface area (Å²) in [6, 6.07) is 24.3. The van der Waals surface area contributed by atoms with Gasteiger partial charge in [-0.05, 0) is 40.8 Å². The molecule has 1 aromatic heterocycles. The van der Waals surface area contributed by atoms with E-state index in [-0.39, 0.29) is 5.41 Å². The molecule has 0 atom stereocenters. The van der Waals surface area contributed by atoms with Gasteiger partial charge in [-0.1, -0.05) is 63.2 Å². The second-order valence-electron chi connectivity index (χ2n) is 7.61. The van der Waals surface area contributed by atoms with Crippen LogP contribution < -0.4 is 5.32 Å². The van der Waals surface area contributed by atoms with Crippen molar-refractivity contribution in [1.82, 2.24) is 0 Å². The number of hydrogen-bond donors (Lipinski definition) is 1. The molecule has 0 fully saturated rings. The Morgan fingerprint density at radius 3 is 2.28 bits per heavy atom. The summed E-state index contributed by atoms with van der Waals surface area (Å²) in [5, 5.41) is 6.26. The first kappa shape index (κ1) is 16.2. The Bertz CT molecular complexity index is 1020. The Morgan fingerprint density at radius 1 is 0.800 bits per heavy atom. The third kappa shape index (κ3) is 3.27. The molecule has 1 N–H and O–H groups in total. The number of fused-ring (bicyclic) bond motifs is 3. The van der Waals surface area contributed by atoms with Crippen LogP contribution in [0.4, 0.5) is 5.69 Å². The second kappa shape index (κ2) is 6.20. The molecule has 126 valence electrons. The van der Waals surface area contributed by atoms with Gasteiger partial charge in [0.1, 0.15) is 0 Å². The Hall–Kier alpha value is -2.32. The highest BCUT2D eigenvalue weighted by atomic mass is 32.1. The fourth-order valence-electron chi connectivity index (χ4n) is 3.16. The molecule has 0 amide bonds. The molecular formula is C23H23NS. The first-order valence-electron chi connectivity index (χ1n) is 8.75. The number of anilines is 1. The lowest BCUT2D eigenvalue weighted by Gasteiger charge is -2.19. The predicted octanol–water partition coefficient (Wildman–Crippen LogP) is 6.96. The summed E-state index contributed by atoms with van der Waals surface area (Å²) < 4.78 is 2.70. The Balaban J connectivity index is 1.55. The summed E-state index contributed by atoms with van der Waals surface area (Å²) in [4.78, 5) is 0. The molecule has 25 heavy (non-hydrogen) atoms. The van der Waals surface area contributed by atoms with Crippen LogP contribution in [0.1, 0.15) is 31.9 Å². The molecule has 0 saturated carbocycles. The standard InChI is InChI=1S/C23H23NS/c1-23(2,3)17-10-8-16(9-11-17)15-24-18-12-13-22-20(14-18)19-6-4-5-7-21(19)25-22/h4-14,24H,15H2,1-3H3. The molecule has 2 heteroatoms. The van der Waals surface area contributed by atoms with Crippen LogP contribution in [-0.4, -0.2) is 0 Å². The van der Waals surface area contributed by atoms with Crippen molar-refractivity contribution in [2.75, 3.05) is 5.32 Å². The first-order chi connectivity index (χ1) is 12.0. The van der Waals surface area contributed by atoms with Crippen LogP contribution >= 0.6 is 11.3 Å². The molecule has 0 saturated heterocycles. The summed E-state index contributed by atoms with van der Waals surface area (Å²) in [7, 11) is 0. The molecule has 0 aliphatic rings. The average molecular weight is 346 g/mol. The van der Waals surface area contributed by atoms with Crippen molar-refractivity contribution in [1.29, 1.82) is 0 Å². The highest BCUT2D eigenvalue weighted by Crippen LogP contribution is 2.35. The van der Waals surface area contributed by atoms with Gasteiger partial charge in [0.15, 0.2) is 0 Å². The number of benzene rings is 3. The van der Waals surface area contributed by atoms with Gasteiger partial charge in [-0.2, -0.15) is 0 Å². The molecule has 0 aliphatic carbocycles. The number of thiophene rings is 1. The number of nitrogens with one attached hydrogen (secondary N) is 1. The molecule has 3 aromatic carbocycles. The fraction of sp³-hybridized carbons (Fsp3) is 0.217.